The molecule has 1 aliphatic rings. The lowest BCUT2D eigenvalue weighted by atomic mass is 10.0. The molecule has 1 atom stereocenters. The predicted molar refractivity (Wildman–Crippen MR) is 93.4 cm³/mol. The van der Waals surface area contributed by atoms with Crippen LogP contribution in [0.2, 0.25) is 0 Å². The summed E-state index contributed by atoms with van der Waals surface area (Å²) in [6, 6.07) is 1.25. The van der Waals surface area contributed by atoms with E-state index < -0.39 is 6.04 Å². The second-order valence-corrected chi connectivity index (χ2v) is 6.83. The lowest BCUT2D eigenvalue weighted by Gasteiger charge is -2.33. The van der Waals surface area contributed by atoms with Gasteiger partial charge in [-0.2, -0.15) is 0 Å². The average Bonchev–Trinajstić information content (AvgIpc) is 3.28. The molecule has 0 aliphatic carbocycles. The van der Waals surface area contributed by atoms with Crippen molar-refractivity contribution in [3.8, 4) is 11.5 Å². The smallest absolute Gasteiger partial charge is 0.328 e. The van der Waals surface area contributed by atoms with E-state index in [2.05, 4.69) is 10.2 Å². The average molecular weight is 379 g/mol. The van der Waals surface area contributed by atoms with Crippen LogP contribution >= 0.6 is 11.8 Å². The van der Waals surface area contributed by atoms with Crippen molar-refractivity contribution in [3.63, 3.8) is 0 Å². The Morgan fingerprint density at radius 2 is 2.23 bits per heavy atom. The van der Waals surface area contributed by atoms with E-state index >= 15 is 0 Å². The SMILES string of the molecule is CCOC(=O)[C@H]1CCCCN1C(=O)CSc1nnc(-c2ccoc2C)o1. The third kappa shape index (κ3) is 4.09. The number of thioether (sulfide) groups is 1. The molecule has 0 saturated carbocycles. The second-order valence-electron chi connectivity index (χ2n) is 5.90. The number of esters is 1. The van der Waals surface area contributed by atoms with Gasteiger partial charge in [-0.15, -0.1) is 10.2 Å². The van der Waals surface area contributed by atoms with E-state index in [1.165, 1.54) is 0 Å². The van der Waals surface area contributed by atoms with Gasteiger partial charge in [0.25, 0.3) is 11.1 Å². The van der Waals surface area contributed by atoms with Crippen molar-refractivity contribution < 1.29 is 23.2 Å². The number of hydrogen-bond acceptors (Lipinski definition) is 8. The van der Waals surface area contributed by atoms with Gasteiger partial charge in [-0.3, -0.25) is 4.79 Å². The third-order valence-electron chi connectivity index (χ3n) is 4.20. The van der Waals surface area contributed by atoms with Crippen molar-refractivity contribution in [1.29, 1.82) is 0 Å². The lowest BCUT2D eigenvalue weighted by Crippen LogP contribution is -2.49. The second kappa shape index (κ2) is 8.39. The molecular formula is C17H21N3O5S. The molecule has 26 heavy (non-hydrogen) atoms. The number of likely N-dealkylation sites (tertiary alicyclic amines) is 1. The van der Waals surface area contributed by atoms with E-state index in [0.29, 0.717) is 36.4 Å². The van der Waals surface area contributed by atoms with E-state index in [9.17, 15) is 9.59 Å². The van der Waals surface area contributed by atoms with Gasteiger partial charge in [-0.25, -0.2) is 4.79 Å². The van der Waals surface area contributed by atoms with Crippen LogP contribution in [0.5, 0.6) is 0 Å². The van der Waals surface area contributed by atoms with Gasteiger partial charge in [0.2, 0.25) is 5.91 Å². The zero-order chi connectivity index (χ0) is 18.5. The minimum absolute atomic E-state index is 0.127. The number of aromatic nitrogens is 2. The Hall–Kier alpha value is -2.29. The summed E-state index contributed by atoms with van der Waals surface area (Å²) in [6.07, 6.45) is 3.99. The summed E-state index contributed by atoms with van der Waals surface area (Å²) in [6.45, 7) is 4.44. The Morgan fingerprint density at radius 3 is 2.96 bits per heavy atom. The first kappa shape index (κ1) is 18.5. The zero-order valence-corrected chi connectivity index (χ0v) is 15.6. The fraction of sp³-hybridized carbons (Fsp3) is 0.529. The minimum Gasteiger partial charge on any atom is -0.469 e. The Labute approximate surface area is 155 Å². The van der Waals surface area contributed by atoms with Crippen LogP contribution in [-0.2, 0) is 14.3 Å². The summed E-state index contributed by atoms with van der Waals surface area (Å²) in [7, 11) is 0. The molecule has 3 heterocycles. The number of carbonyl (C=O) groups is 2. The van der Waals surface area contributed by atoms with Crippen molar-refractivity contribution in [1.82, 2.24) is 15.1 Å². The number of carbonyl (C=O) groups excluding carboxylic acids is 2. The molecule has 140 valence electrons. The van der Waals surface area contributed by atoms with Gasteiger partial charge >= 0.3 is 5.97 Å². The quantitative estimate of drug-likeness (QED) is 0.558. The maximum absolute atomic E-state index is 12.6. The van der Waals surface area contributed by atoms with Crippen LogP contribution in [0.25, 0.3) is 11.5 Å². The van der Waals surface area contributed by atoms with Crippen LogP contribution in [0.3, 0.4) is 0 Å². The lowest BCUT2D eigenvalue weighted by molar-refractivity contribution is -0.155. The molecule has 0 bridgehead atoms. The summed E-state index contributed by atoms with van der Waals surface area (Å²) < 4.78 is 15.9. The van der Waals surface area contributed by atoms with Gasteiger partial charge in [0, 0.05) is 6.54 Å². The molecule has 2 aromatic heterocycles. The van der Waals surface area contributed by atoms with E-state index in [1.807, 2.05) is 6.92 Å². The largest absolute Gasteiger partial charge is 0.469 e. The number of furan rings is 1. The van der Waals surface area contributed by atoms with Crippen molar-refractivity contribution >= 4 is 23.6 Å². The first-order valence-electron chi connectivity index (χ1n) is 8.57. The third-order valence-corrected chi connectivity index (χ3v) is 5.00. The van der Waals surface area contributed by atoms with Gasteiger partial charge in [-0.1, -0.05) is 11.8 Å². The van der Waals surface area contributed by atoms with Crippen molar-refractivity contribution in [2.24, 2.45) is 0 Å². The number of ether oxygens (including phenoxy) is 1. The highest BCUT2D eigenvalue weighted by molar-refractivity contribution is 7.99. The Bertz CT molecular complexity index is 772. The van der Waals surface area contributed by atoms with Gasteiger partial charge in [0.05, 0.1) is 24.2 Å². The number of aryl methyl sites for hydroxylation is 1. The van der Waals surface area contributed by atoms with Crippen LogP contribution < -0.4 is 0 Å². The van der Waals surface area contributed by atoms with Gasteiger partial charge in [0.15, 0.2) is 0 Å². The van der Waals surface area contributed by atoms with Gasteiger partial charge in [-0.05, 0) is 39.2 Å². The van der Waals surface area contributed by atoms with Crippen LogP contribution in [0.1, 0.15) is 31.9 Å². The number of hydrogen-bond donors (Lipinski definition) is 0. The summed E-state index contributed by atoms with van der Waals surface area (Å²) in [4.78, 5) is 26.3. The molecule has 1 amide bonds. The molecule has 0 radical (unpaired) electrons. The van der Waals surface area contributed by atoms with Crippen LogP contribution in [0, 0.1) is 6.92 Å². The number of rotatable bonds is 6. The molecule has 0 spiro atoms. The van der Waals surface area contributed by atoms with Gasteiger partial charge < -0.3 is 18.5 Å². The molecule has 0 unspecified atom stereocenters. The monoisotopic (exact) mass is 379 g/mol. The first-order valence-corrected chi connectivity index (χ1v) is 9.55. The normalized spacial score (nSPS) is 17.3. The molecule has 8 nitrogen and oxygen atoms in total. The molecule has 2 aromatic rings. The van der Waals surface area contributed by atoms with Crippen molar-refractivity contribution in [2.75, 3.05) is 18.9 Å². The molecule has 1 saturated heterocycles. The predicted octanol–water partition coefficient (Wildman–Crippen LogP) is 2.67. The highest BCUT2D eigenvalue weighted by atomic mass is 32.2. The fourth-order valence-electron chi connectivity index (χ4n) is 2.90. The first-order chi connectivity index (χ1) is 12.6. The van der Waals surface area contributed by atoms with Crippen LogP contribution in [0.15, 0.2) is 26.4 Å². The summed E-state index contributed by atoms with van der Waals surface area (Å²) >= 11 is 1.16. The van der Waals surface area contributed by atoms with E-state index in [0.717, 1.165) is 30.2 Å². The van der Waals surface area contributed by atoms with Crippen molar-refractivity contribution in [2.45, 2.75) is 44.4 Å². The molecule has 0 aromatic carbocycles. The number of piperidine rings is 1. The van der Waals surface area contributed by atoms with E-state index in [4.69, 9.17) is 13.6 Å². The highest BCUT2D eigenvalue weighted by Gasteiger charge is 2.33. The van der Waals surface area contributed by atoms with Gasteiger partial charge in [0.1, 0.15) is 11.8 Å². The molecular weight excluding hydrogens is 358 g/mol. The fourth-order valence-corrected chi connectivity index (χ4v) is 3.55. The Balaban J connectivity index is 1.60. The summed E-state index contributed by atoms with van der Waals surface area (Å²) in [5.74, 6) is 0.704. The van der Waals surface area contributed by atoms with E-state index in [1.54, 1.807) is 24.2 Å². The topological polar surface area (TPSA) is 98.7 Å². The summed E-state index contributed by atoms with van der Waals surface area (Å²) in [5.41, 5.74) is 0.731. The number of amides is 1. The maximum atomic E-state index is 12.6. The van der Waals surface area contributed by atoms with E-state index in [-0.39, 0.29) is 17.6 Å². The zero-order valence-electron chi connectivity index (χ0n) is 14.8. The minimum atomic E-state index is -0.497. The number of nitrogens with zero attached hydrogens (tertiary/aromatic N) is 3. The standard InChI is InChI=1S/C17H21N3O5S/c1-3-23-16(22)13-6-4-5-8-20(13)14(21)10-26-17-19-18-15(25-17)12-7-9-24-11(12)2/h7,9,13H,3-6,8,10H2,1-2H3/t13-/m1/s1. The molecule has 3 rings (SSSR count). The maximum Gasteiger partial charge on any atom is 0.328 e. The molecule has 1 fully saturated rings. The highest BCUT2D eigenvalue weighted by Crippen LogP contribution is 2.27. The summed E-state index contributed by atoms with van der Waals surface area (Å²) in [5, 5.41) is 8.24. The molecule has 0 N–H and O–H groups in total. The van der Waals surface area contributed by atoms with Crippen molar-refractivity contribution in [3.05, 3.63) is 18.1 Å². The Kier molecular flexibility index (Phi) is 5.97. The Morgan fingerprint density at radius 1 is 1.38 bits per heavy atom. The molecule has 9 heteroatoms. The molecule has 1 aliphatic heterocycles. The van der Waals surface area contributed by atoms with Crippen LogP contribution in [0.4, 0.5) is 0 Å². The van der Waals surface area contributed by atoms with Crippen LogP contribution in [-0.4, -0.2) is 51.9 Å².